The number of para-hydroxylation sites is 1. The van der Waals surface area contributed by atoms with E-state index in [0.29, 0.717) is 24.9 Å². The number of rotatable bonds is 7. The monoisotopic (exact) mass is 410 g/mol. The zero-order valence-corrected chi connectivity index (χ0v) is 17.8. The number of hydrogen-bond acceptors (Lipinski definition) is 4. The highest BCUT2D eigenvalue weighted by Gasteiger charge is 2.24. The Kier molecular flexibility index (Phi) is 5.96. The first kappa shape index (κ1) is 20.9. The summed E-state index contributed by atoms with van der Waals surface area (Å²) in [5.74, 6) is 0. The lowest BCUT2D eigenvalue weighted by Gasteiger charge is -2.20. The molecule has 0 saturated heterocycles. The third-order valence-corrected chi connectivity index (χ3v) is 6.83. The van der Waals surface area contributed by atoms with Crippen LogP contribution in [0.1, 0.15) is 30.0 Å². The molecule has 1 atom stereocenters. The molecule has 3 N–H and O–H groups in total. The lowest BCUT2D eigenvalue weighted by molar-refractivity contribution is 0.491. The average Bonchev–Trinajstić information content (AvgIpc) is 2.98. The third kappa shape index (κ3) is 4.29. The fraction of sp³-hybridized carbons (Fsp3) is 0.318. The number of fused-ring (bicyclic) bond motifs is 1. The van der Waals surface area contributed by atoms with Crippen LogP contribution in [0, 0.1) is 25.2 Å². The number of sulfonamides is 1. The summed E-state index contributed by atoms with van der Waals surface area (Å²) in [6, 6.07) is 13.2. The summed E-state index contributed by atoms with van der Waals surface area (Å²) in [5.41, 5.74) is 9.78. The molecular formula is C22H26N4O2S. The van der Waals surface area contributed by atoms with Gasteiger partial charge < -0.3 is 10.3 Å². The second kappa shape index (κ2) is 8.27. The molecule has 1 heterocycles. The Balaban J connectivity index is 1.92. The quantitative estimate of drug-likeness (QED) is 0.580. The molecule has 0 radical (unpaired) electrons. The van der Waals surface area contributed by atoms with Gasteiger partial charge in [0, 0.05) is 29.7 Å². The molecule has 3 rings (SSSR count). The van der Waals surface area contributed by atoms with Crippen molar-refractivity contribution in [3.63, 3.8) is 0 Å². The Labute approximate surface area is 172 Å². The van der Waals surface area contributed by atoms with Gasteiger partial charge in [0.25, 0.3) is 0 Å². The molecule has 152 valence electrons. The lowest BCUT2D eigenvalue weighted by atomic mass is 10.1. The summed E-state index contributed by atoms with van der Waals surface area (Å²) in [6.45, 7) is 6.05. The van der Waals surface area contributed by atoms with E-state index in [9.17, 15) is 8.42 Å². The minimum Gasteiger partial charge on any atom is -0.398 e. The number of nitrogen functional groups attached to an aromatic ring is 1. The number of nitrogens with zero attached hydrogens (tertiary/aromatic N) is 2. The van der Waals surface area contributed by atoms with Crippen molar-refractivity contribution < 1.29 is 8.42 Å². The smallest absolute Gasteiger partial charge is 0.243 e. The first-order valence-corrected chi connectivity index (χ1v) is 11.1. The van der Waals surface area contributed by atoms with Crippen molar-refractivity contribution in [3.8, 4) is 6.07 Å². The maximum Gasteiger partial charge on any atom is 0.243 e. The number of nitriles is 1. The fourth-order valence-electron chi connectivity index (χ4n) is 3.82. The van der Waals surface area contributed by atoms with Gasteiger partial charge in [-0.25, -0.2) is 13.1 Å². The molecular weight excluding hydrogens is 384 g/mol. The van der Waals surface area contributed by atoms with Crippen LogP contribution in [-0.4, -0.2) is 19.0 Å². The van der Waals surface area contributed by atoms with Crippen molar-refractivity contribution in [1.82, 2.24) is 9.29 Å². The number of hydrogen-bond donors (Lipinski definition) is 2. The maximum absolute atomic E-state index is 13.1. The Morgan fingerprint density at radius 2 is 1.97 bits per heavy atom. The molecule has 0 bridgehead atoms. The van der Waals surface area contributed by atoms with E-state index in [4.69, 9.17) is 11.0 Å². The number of benzene rings is 2. The van der Waals surface area contributed by atoms with Crippen LogP contribution >= 0.6 is 0 Å². The molecule has 0 unspecified atom stereocenters. The minimum absolute atomic E-state index is 0.143. The largest absolute Gasteiger partial charge is 0.398 e. The summed E-state index contributed by atoms with van der Waals surface area (Å²) in [7, 11) is -3.77. The lowest BCUT2D eigenvalue weighted by Crippen LogP contribution is -2.38. The van der Waals surface area contributed by atoms with E-state index < -0.39 is 10.0 Å². The molecule has 1 aromatic heterocycles. The molecule has 0 saturated carbocycles. The van der Waals surface area contributed by atoms with Gasteiger partial charge in [-0.1, -0.05) is 31.2 Å². The predicted molar refractivity (Wildman–Crippen MR) is 116 cm³/mol. The molecule has 0 fully saturated rings. The highest BCUT2D eigenvalue weighted by molar-refractivity contribution is 7.89. The summed E-state index contributed by atoms with van der Waals surface area (Å²) in [5, 5.41) is 10.1. The molecule has 0 amide bonds. The van der Waals surface area contributed by atoms with E-state index >= 15 is 0 Å². The molecule has 0 spiro atoms. The highest BCUT2D eigenvalue weighted by atomic mass is 32.2. The zero-order valence-electron chi connectivity index (χ0n) is 16.9. The molecule has 7 heteroatoms. The molecule has 0 aliphatic heterocycles. The van der Waals surface area contributed by atoms with Crippen LogP contribution in [0.4, 0.5) is 5.69 Å². The average molecular weight is 411 g/mol. The van der Waals surface area contributed by atoms with Crippen LogP contribution in [0.2, 0.25) is 0 Å². The second-order valence-corrected chi connectivity index (χ2v) is 9.04. The van der Waals surface area contributed by atoms with Gasteiger partial charge in [0.1, 0.15) is 4.90 Å². The topological polar surface area (TPSA) is 101 Å². The van der Waals surface area contributed by atoms with Crippen molar-refractivity contribution in [1.29, 1.82) is 5.26 Å². The second-order valence-electron chi connectivity index (χ2n) is 7.39. The van der Waals surface area contributed by atoms with E-state index in [0.717, 1.165) is 22.0 Å². The van der Waals surface area contributed by atoms with Gasteiger partial charge in [-0.15, -0.1) is 0 Å². The van der Waals surface area contributed by atoms with Gasteiger partial charge >= 0.3 is 0 Å². The van der Waals surface area contributed by atoms with Gasteiger partial charge in [0.2, 0.25) is 10.0 Å². The first-order valence-electron chi connectivity index (χ1n) is 9.59. The number of aromatic nitrogens is 1. The van der Waals surface area contributed by atoms with Gasteiger partial charge in [0.15, 0.2) is 0 Å². The molecule has 29 heavy (non-hydrogen) atoms. The SMILES string of the molecule is CC[C@@H](Cn1cc(CC#N)c2ccccc21)NS(=O)(=O)c1c(C)cc(C)cc1N. The number of nitrogens with one attached hydrogen (secondary N) is 1. The van der Waals surface area contributed by atoms with Crippen molar-refractivity contribution in [3.05, 3.63) is 59.3 Å². The molecule has 6 nitrogen and oxygen atoms in total. The zero-order chi connectivity index (χ0) is 21.2. The summed E-state index contributed by atoms with van der Waals surface area (Å²) in [4.78, 5) is 0.143. The van der Waals surface area contributed by atoms with Crippen molar-refractivity contribution >= 4 is 26.6 Å². The van der Waals surface area contributed by atoms with Crippen LogP contribution in [0.25, 0.3) is 10.9 Å². The third-order valence-electron chi connectivity index (χ3n) is 5.09. The van der Waals surface area contributed by atoms with Gasteiger partial charge in [-0.3, -0.25) is 0 Å². The van der Waals surface area contributed by atoms with Gasteiger partial charge in [-0.05, 0) is 49.1 Å². The van der Waals surface area contributed by atoms with E-state index in [-0.39, 0.29) is 16.6 Å². The van der Waals surface area contributed by atoms with Crippen LogP contribution in [0.15, 0.2) is 47.5 Å². The molecule has 2 aromatic carbocycles. The normalized spacial score (nSPS) is 12.8. The molecule has 0 aliphatic carbocycles. The fourth-order valence-corrected chi connectivity index (χ4v) is 5.47. The van der Waals surface area contributed by atoms with E-state index in [1.165, 1.54) is 0 Å². The molecule has 3 aromatic rings. The van der Waals surface area contributed by atoms with E-state index in [1.54, 1.807) is 13.0 Å². The summed E-state index contributed by atoms with van der Waals surface area (Å²) >= 11 is 0. The minimum atomic E-state index is -3.77. The van der Waals surface area contributed by atoms with Crippen LogP contribution in [0.5, 0.6) is 0 Å². The van der Waals surface area contributed by atoms with Crippen molar-refractivity contribution in [2.45, 2.75) is 51.1 Å². The number of aryl methyl sites for hydroxylation is 2. The van der Waals surface area contributed by atoms with Crippen LogP contribution < -0.4 is 10.5 Å². The number of nitrogens with two attached hydrogens (primary N) is 1. The Morgan fingerprint density at radius 3 is 2.62 bits per heavy atom. The Bertz CT molecular complexity index is 1170. The Hall–Kier alpha value is -2.82. The van der Waals surface area contributed by atoms with Crippen molar-refractivity contribution in [2.75, 3.05) is 5.73 Å². The van der Waals surface area contributed by atoms with E-state index in [2.05, 4.69) is 10.8 Å². The van der Waals surface area contributed by atoms with Crippen molar-refractivity contribution in [2.24, 2.45) is 0 Å². The van der Waals surface area contributed by atoms with E-state index in [1.807, 2.05) is 54.9 Å². The first-order chi connectivity index (χ1) is 13.8. The highest BCUT2D eigenvalue weighted by Crippen LogP contribution is 2.26. The Morgan fingerprint density at radius 1 is 1.24 bits per heavy atom. The predicted octanol–water partition coefficient (Wildman–Crippen LogP) is 3.66. The van der Waals surface area contributed by atoms with Crippen LogP contribution in [0.3, 0.4) is 0 Å². The molecule has 0 aliphatic rings. The van der Waals surface area contributed by atoms with Crippen LogP contribution in [-0.2, 0) is 23.0 Å². The summed E-state index contributed by atoms with van der Waals surface area (Å²) in [6.07, 6.45) is 2.87. The standard InChI is InChI=1S/C22H26N4O2S/c1-4-18(25-29(27,28)22-16(3)11-15(2)12-20(22)24)14-26-13-17(9-10-23)19-7-5-6-8-21(19)26/h5-8,11-13,18,25H,4,9,14,24H2,1-3H3/t18-/m0/s1. The number of anilines is 1. The summed E-state index contributed by atoms with van der Waals surface area (Å²) < 4.78 is 31.0. The van der Waals surface area contributed by atoms with Gasteiger partial charge in [-0.2, -0.15) is 5.26 Å². The van der Waals surface area contributed by atoms with Gasteiger partial charge in [0.05, 0.1) is 18.2 Å². The maximum atomic E-state index is 13.1.